The maximum absolute atomic E-state index is 12.3. The van der Waals surface area contributed by atoms with Crippen LogP contribution < -0.4 is 9.47 Å². The van der Waals surface area contributed by atoms with Crippen LogP contribution >= 0.6 is 0 Å². The van der Waals surface area contributed by atoms with Gasteiger partial charge in [-0.25, -0.2) is 4.79 Å². The van der Waals surface area contributed by atoms with Crippen molar-refractivity contribution in [2.24, 2.45) is 0 Å². The molecule has 0 aliphatic rings. The van der Waals surface area contributed by atoms with Crippen LogP contribution in [0.5, 0.6) is 11.5 Å². The van der Waals surface area contributed by atoms with Crippen molar-refractivity contribution < 1.29 is 28.6 Å². The third kappa shape index (κ3) is 4.95. The molecule has 0 bridgehead atoms. The molecule has 0 saturated heterocycles. The molecule has 124 valence electrons. The summed E-state index contributed by atoms with van der Waals surface area (Å²) in [6.45, 7) is 2.53. The Morgan fingerprint density at radius 3 is 2.17 bits per heavy atom. The summed E-state index contributed by atoms with van der Waals surface area (Å²) in [4.78, 5) is 34.5. The van der Waals surface area contributed by atoms with Crippen molar-refractivity contribution in [2.45, 2.75) is 20.5 Å². The topological polar surface area (TPSA) is 78.9 Å². The summed E-state index contributed by atoms with van der Waals surface area (Å²) >= 11 is 0. The maximum atomic E-state index is 12.3. The van der Waals surface area contributed by atoms with Gasteiger partial charge in [-0.15, -0.1) is 0 Å². The normalized spacial score (nSPS) is 9.92. The number of benzene rings is 2. The van der Waals surface area contributed by atoms with Crippen LogP contribution in [0.2, 0.25) is 0 Å². The molecule has 2 rings (SSSR count). The maximum Gasteiger partial charge on any atom is 0.342 e. The second kappa shape index (κ2) is 7.92. The van der Waals surface area contributed by atoms with E-state index in [1.807, 2.05) is 30.3 Å². The number of ether oxygens (including phenoxy) is 3. The average molecular weight is 328 g/mol. The second-order valence-corrected chi connectivity index (χ2v) is 4.91. The molecule has 2 aromatic carbocycles. The van der Waals surface area contributed by atoms with Crippen molar-refractivity contribution in [2.75, 3.05) is 0 Å². The van der Waals surface area contributed by atoms with E-state index in [0.717, 1.165) is 5.56 Å². The first-order chi connectivity index (χ1) is 11.5. The highest BCUT2D eigenvalue weighted by Gasteiger charge is 2.18. The molecule has 0 fully saturated rings. The standard InChI is InChI=1S/C18H16O6/c1-12(19)23-15-8-9-17(24-13(2)20)16(10-15)18(21)22-11-14-6-4-3-5-7-14/h3-10H,11H2,1-2H3. The van der Waals surface area contributed by atoms with Gasteiger partial charge in [-0.3, -0.25) is 9.59 Å². The predicted octanol–water partition coefficient (Wildman–Crippen LogP) is 2.89. The van der Waals surface area contributed by atoms with E-state index in [-0.39, 0.29) is 23.7 Å². The third-order valence-electron chi connectivity index (χ3n) is 2.90. The minimum absolute atomic E-state index is 0.000110. The molecule has 0 unspecified atom stereocenters. The highest BCUT2D eigenvalue weighted by atomic mass is 16.6. The number of hydrogen-bond donors (Lipinski definition) is 0. The van der Waals surface area contributed by atoms with Crippen molar-refractivity contribution in [3.63, 3.8) is 0 Å². The smallest absolute Gasteiger partial charge is 0.342 e. The first-order valence-corrected chi connectivity index (χ1v) is 7.17. The molecule has 0 radical (unpaired) electrons. The average Bonchev–Trinajstić information content (AvgIpc) is 2.54. The van der Waals surface area contributed by atoms with Crippen LogP contribution in [0.1, 0.15) is 29.8 Å². The van der Waals surface area contributed by atoms with Gasteiger partial charge in [0, 0.05) is 13.8 Å². The quantitative estimate of drug-likeness (QED) is 0.620. The Balaban J connectivity index is 2.21. The zero-order valence-electron chi connectivity index (χ0n) is 13.3. The highest BCUT2D eigenvalue weighted by Crippen LogP contribution is 2.26. The van der Waals surface area contributed by atoms with Gasteiger partial charge in [-0.1, -0.05) is 30.3 Å². The molecule has 6 nitrogen and oxygen atoms in total. The van der Waals surface area contributed by atoms with Gasteiger partial charge in [0.05, 0.1) is 0 Å². The van der Waals surface area contributed by atoms with Gasteiger partial charge in [-0.2, -0.15) is 0 Å². The van der Waals surface area contributed by atoms with E-state index < -0.39 is 17.9 Å². The number of carbonyl (C=O) groups is 3. The molecule has 0 N–H and O–H groups in total. The zero-order chi connectivity index (χ0) is 17.5. The van der Waals surface area contributed by atoms with E-state index in [4.69, 9.17) is 14.2 Å². The van der Waals surface area contributed by atoms with E-state index in [1.54, 1.807) is 0 Å². The predicted molar refractivity (Wildman–Crippen MR) is 84.6 cm³/mol. The summed E-state index contributed by atoms with van der Waals surface area (Å²) in [6, 6.07) is 13.2. The van der Waals surface area contributed by atoms with Crippen LogP contribution in [0.3, 0.4) is 0 Å². The number of carbonyl (C=O) groups excluding carboxylic acids is 3. The lowest BCUT2D eigenvalue weighted by molar-refractivity contribution is -0.133. The molecule has 0 amide bonds. The van der Waals surface area contributed by atoms with Crippen LogP contribution in [0.4, 0.5) is 0 Å². The van der Waals surface area contributed by atoms with E-state index in [9.17, 15) is 14.4 Å². The Hall–Kier alpha value is -3.15. The summed E-state index contributed by atoms with van der Waals surface area (Å²) in [6.07, 6.45) is 0. The van der Waals surface area contributed by atoms with Gasteiger partial charge in [0.25, 0.3) is 0 Å². The van der Waals surface area contributed by atoms with Gasteiger partial charge in [0.15, 0.2) is 0 Å². The van der Waals surface area contributed by atoms with Crippen molar-refractivity contribution in [3.05, 3.63) is 59.7 Å². The first kappa shape index (κ1) is 17.2. The van der Waals surface area contributed by atoms with Gasteiger partial charge >= 0.3 is 17.9 Å². The number of rotatable bonds is 5. The minimum Gasteiger partial charge on any atom is -0.457 e. The SMILES string of the molecule is CC(=O)Oc1ccc(OC(C)=O)c(C(=O)OCc2ccccc2)c1. The van der Waals surface area contributed by atoms with E-state index >= 15 is 0 Å². The van der Waals surface area contributed by atoms with Crippen LogP contribution in [-0.2, 0) is 20.9 Å². The fourth-order valence-electron chi connectivity index (χ4n) is 1.94. The molecule has 0 spiro atoms. The summed E-state index contributed by atoms with van der Waals surface area (Å²) in [7, 11) is 0. The monoisotopic (exact) mass is 328 g/mol. The summed E-state index contributed by atoms with van der Waals surface area (Å²) in [5.74, 6) is -1.60. The minimum atomic E-state index is -0.691. The van der Waals surface area contributed by atoms with Gasteiger partial charge < -0.3 is 14.2 Å². The van der Waals surface area contributed by atoms with Gasteiger partial charge in [-0.05, 0) is 23.8 Å². The molecule has 24 heavy (non-hydrogen) atoms. The number of esters is 3. The fourth-order valence-corrected chi connectivity index (χ4v) is 1.94. The highest BCUT2D eigenvalue weighted by molar-refractivity contribution is 5.94. The Bertz CT molecular complexity index is 751. The summed E-state index contributed by atoms with van der Waals surface area (Å²) in [5, 5.41) is 0. The number of hydrogen-bond acceptors (Lipinski definition) is 6. The fraction of sp³-hybridized carbons (Fsp3) is 0.167. The zero-order valence-corrected chi connectivity index (χ0v) is 13.3. The van der Waals surface area contributed by atoms with Gasteiger partial charge in [0.2, 0.25) is 0 Å². The third-order valence-corrected chi connectivity index (χ3v) is 2.90. The Kier molecular flexibility index (Phi) is 5.68. The molecule has 0 heterocycles. The lowest BCUT2D eigenvalue weighted by Crippen LogP contribution is -2.11. The van der Waals surface area contributed by atoms with Crippen LogP contribution in [0.15, 0.2) is 48.5 Å². The van der Waals surface area contributed by atoms with Crippen LogP contribution in [0.25, 0.3) is 0 Å². The largest absolute Gasteiger partial charge is 0.457 e. The Labute approximate surface area is 139 Å². The van der Waals surface area contributed by atoms with Crippen molar-refractivity contribution in [3.8, 4) is 11.5 Å². The molecule has 0 aliphatic heterocycles. The molecule has 2 aromatic rings. The van der Waals surface area contributed by atoms with E-state index in [1.165, 1.54) is 32.0 Å². The lowest BCUT2D eigenvalue weighted by atomic mass is 10.2. The van der Waals surface area contributed by atoms with Crippen LogP contribution in [-0.4, -0.2) is 17.9 Å². The van der Waals surface area contributed by atoms with Crippen LogP contribution in [0, 0.1) is 0 Å². The van der Waals surface area contributed by atoms with Gasteiger partial charge in [0.1, 0.15) is 23.7 Å². The molecule has 6 heteroatoms. The molecule has 0 aliphatic carbocycles. The Morgan fingerprint density at radius 2 is 1.54 bits per heavy atom. The lowest BCUT2D eigenvalue weighted by Gasteiger charge is -2.11. The molecular formula is C18H16O6. The van der Waals surface area contributed by atoms with Crippen molar-refractivity contribution >= 4 is 17.9 Å². The van der Waals surface area contributed by atoms with E-state index in [0.29, 0.717) is 0 Å². The molecule has 0 saturated carbocycles. The molecule has 0 atom stereocenters. The van der Waals surface area contributed by atoms with Crippen molar-refractivity contribution in [1.82, 2.24) is 0 Å². The summed E-state index contributed by atoms with van der Waals surface area (Å²) in [5.41, 5.74) is 0.816. The first-order valence-electron chi connectivity index (χ1n) is 7.17. The Morgan fingerprint density at radius 1 is 0.875 bits per heavy atom. The summed E-state index contributed by atoms with van der Waals surface area (Å²) < 4.78 is 15.2. The van der Waals surface area contributed by atoms with E-state index in [2.05, 4.69) is 0 Å². The molecule has 0 aromatic heterocycles. The second-order valence-electron chi connectivity index (χ2n) is 4.91. The van der Waals surface area contributed by atoms with Crippen molar-refractivity contribution in [1.29, 1.82) is 0 Å². The molecular weight excluding hydrogens is 312 g/mol.